The van der Waals surface area contributed by atoms with Crippen molar-refractivity contribution in [3.8, 4) is 57.5 Å². The summed E-state index contributed by atoms with van der Waals surface area (Å²) >= 11 is 0. The number of para-hydroxylation sites is 1. The Labute approximate surface area is 226 Å². The normalized spacial score (nSPS) is 10.6. The van der Waals surface area contributed by atoms with Gasteiger partial charge < -0.3 is 14.2 Å². The van der Waals surface area contributed by atoms with E-state index in [2.05, 4.69) is 39.2 Å². The van der Waals surface area contributed by atoms with Crippen molar-refractivity contribution in [3.63, 3.8) is 0 Å². The van der Waals surface area contributed by atoms with E-state index in [1.807, 2.05) is 115 Å². The van der Waals surface area contributed by atoms with E-state index in [1.54, 1.807) is 0 Å². The lowest BCUT2D eigenvalue weighted by atomic mass is 10.1. The van der Waals surface area contributed by atoms with Gasteiger partial charge in [-0.2, -0.15) is 0 Å². The monoisotopic (exact) mass is 509 g/mol. The summed E-state index contributed by atoms with van der Waals surface area (Å²) in [6.45, 7) is 0. The van der Waals surface area contributed by atoms with Crippen molar-refractivity contribution in [2.24, 2.45) is 0 Å². The van der Waals surface area contributed by atoms with E-state index in [1.165, 1.54) is 0 Å². The van der Waals surface area contributed by atoms with Gasteiger partial charge in [0.05, 0.1) is 0 Å². The molecule has 0 saturated carbocycles. The summed E-state index contributed by atoms with van der Waals surface area (Å²) in [7, 11) is 0. The van der Waals surface area contributed by atoms with Crippen LogP contribution in [0.3, 0.4) is 0 Å². The minimum atomic E-state index is 0.0549. The van der Waals surface area contributed by atoms with Gasteiger partial charge in [0.1, 0.15) is 17.2 Å². The van der Waals surface area contributed by atoms with E-state index in [-0.39, 0.29) is 18.0 Å². The molecule has 6 aromatic rings. The zero-order chi connectivity index (χ0) is 26.3. The lowest BCUT2D eigenvalue weighted by Crippen LogP contribution is -2.01. The second kappa shape index (κ2) is 11.3. The predicted molar refractivity (Wildman–Crippen MR) is 150 cm³/mol. The second-order valence-corrected chi connectivity index (χ2v) is 8.58. The molecule has 6 heteroatoms. The van der Waals surface area contributed by atoms with E-state index in [0.717, 1.165) is 22.3 Å². The summed E-state index contributed by atoms with van der Waals surface area (Å²) in [6.07, 6.45) is 0. The molecular formula is C33H23N3O3. The highest BCUT2D eigenvalue weighted by atomic mass is 16.5. The Hall–Kier alpha value is -5.49. The van der Waals surface area contributed by atoms with Crippen LogP contribution in [0.1, 0.15) is 0 Å². The lowest BCUT2D eigenvalue weighted by Gasteiger charge is -2.10. The fraction of sp³-hybridized carbons (Fsp3) is 0. The van der Waals surface area contributed by atoms with Crippen molar-refractivity contribution in [3.05, 3.63) is 140 Å². The summed E-state index contributed by atoms with van der Waals surface area (Å²) in [5.74, 6) is 1.73. The minimum absolute atomic E-state index is 0.0549. The van der Waals surface area contributed by atoms with Gasteiger partial charge in [0, 0.05) is 0 Å². The topological polar surface area (TPSA) is 66.4 Å². The number of hydrogen-bond donors (Lipinski definition) is 0. The van der Waals surface area contributed by atoms with Crippen LogP contribution in [0.15, 0.2) is 140 Å². The molecule has 0 N–H and O–H groups in total. The fourth-order valence-corrected chi connectivity index (χ4v) is 3.95. The molecule has 0 aliphatic heterocycles. The predicted octanol–water partition coefficient (Wildman–Crippen LogP) is 8.58. The van der Waals surface area contributed by atoms with Crippen molar-refractivity contribution >= 4 is 0 Å². The summed E-state index contributed by atoms with van der Waals surface area (Å²) < 4.78 is 17.8. The highest BCUT2D eigenvalue weighted by molar-refractivity contribution is 5.64. The fourth-order valence-electron chi connectivity index (χ4n) is 3.95. The van der Waals surface area contributed by atoms with E-state index >= 15 is 0 Å². The Bertz CT molecular complexity index is 1540. The van der Waals surface area contributed by atoms with E-state index in [0.29, 0.717) is 17.2 Å². The first-order valence-corrected chi connectivity index (χ1v) is 12.4. The van der Waals surface area contributed by atoms with Gasteiger partial charge in [-0.1, -0.05) is 103 Å². The van der Waals surface area contributed by atoms with Gasteiger partial charge >= 0.3 is 18.0 Å². The van der Waals surface area contributed by atoms with Crippen LogP contribution in [0.2, 0.25) is 0 Å². The molecule has 0 saturated heterocycles. The molecule has 0 bridgehead atoms. The maximum absolute atomic E-state index is 5.98. The lowest BCUT2D eigenvalue weighted by molar-refractivity contribution is 0.362. The highest BCUT2D eigenvalue weighted by Crippen LogP contribution is 2.29. The molecule has 1 aromatic heterocycles. The third kappa shape index (κ3) is 6.09. The first-order chi connectivity index (χ1) is 19.3. The molecule has 0 radical (unpaired) electrons. The SMILES string of the molecule is c1ccc(Oc2nc(Oc3ccc(-c4ccccc4)cc3)nc(Oc3ccc(-c4ccccc4)cc3)n2)cc1. The van der Waals surface area contributed by atoms with Crippen LogP contribution in [-0.4, -0.2) is 15.0 Å². The smallest absolute Gasteiger partial charge is 0.331 e. The minimum Gasteiger partial charge on any atom is -0.424 e. The maximum atomic E-state index is 5.98. The highest BCUT2D eigenvalue weighted by Gasteiger charge is 2.13. The average molecular weight is 510 g/mol. The molecule has 1 heterocycles. The van der Waals surface area contributed by atoms with Crippen LogP contribution in [0, 0.1) is 0 Å². The third-order valence-electron chi connectivity index (χ3n) is 5.87. The molecular weight excluding hydrogens is 486 g/mol. The molecule has 0 amide bonds. The zero-order valence-electron chi connectivity index (χ0n) is 20.8. The first-order valence-electron chi connectivity index (χ1n) is 12.4. The molecule has 0 unspecified atom stereocenters. The Morgan fingerprint density at radius 3 is 0.923 bits per heavy atom. The van der Waals surface area contributed by atoms with Crippen molar-refractivity contribution in [2.75, 3.05) is 0 Å². The quantitative estimate of drug-likeness (QED) is 0.205. The van der Waals surface area contributed by atoms with Crippen LogP contribution < -0.4 is 14.2 Å². The Morgan fingerprint density at radius 2 is 0.564 bits per heavy atom. The van der Waals surface area contributed by atoms with Crippen molar-refractivity contribution in [1.82, 2.24) is 15.0 Å². The van der Waals surface area contributed by atoms with Gasteiger partial charge in [-0.3, -0.25) is 0 Å². The van der Waals surface area contributed by atoms with Crippen molar-refractivity contribution in [2.45, 2.75) is 0 Å². The molecule has 0 atom stereocenters. The summed E-state index contributed by atoms with van der Waals surface area (Å²) in [5, 5.41) is 0. The standard InChI is InChI=1S/C33H23N3O3/c1-4-10-24(11-5-1)26-16-20-29(21-17-26)38-32-34-31(37-28-14-8-3-9-15-28)35-33(36-32)39-30-22-18-27(19-23-30)25-12-6-2-7-13-25/h1-23H. The van der Waals surface area contributed by atoms with Gasteiger partial charge in [-0.15, -0.1) is 15.0 Å². The van der Waals surface area contributed by atoms with Gasteiger partial charge in [0.2, 0.25) is 0 Å². The summed E-state index contributed by atoms with van der Waals surface area (Å²) in [5.41, 5.74) is 4.40. The number of aromatic nitrogens is 3. The van der Waals surface area contributed by atoms with E-state index in [4.69, 9.17) is 14.2 Å². The molecule has 188 valence electrons. The number of nitrogens with zero attached hydrogens (tertiary/aromatic N) is 3. The molecule has 0 aliphatic carbocycles. The van der Waals surface area contributed by atoms with Crippen molar-refractivity contribution < 1.29 is 14.2 Å². The van der Waals surface area contributed by atoms with Crippen LogP contribution in [0.25, 0.3) is 22.3 Å². The van der Waals surface area contributed by atoms with Crippen molar-refractivity contribution in [1.29, 1.82) is 0 Å². The molecule has 0 spiro atoms. The first kappa shape index (κ1) is 23.9. The Morgan fingerprint density at radius 1 is 0.282 bits per heavy atom. The van der Waals surface area contributed by atoms with Gasteiger partial charge in [0.25, 0.3) is 0 Å². The molecule has 0 aliphatic rings. The van der Waals surface area contributed by atoms with E-state index < -0.39 is 0 Å². The molecule has 6 nitrogen and oxygen atoms in total. The summed E-state index contributed by atoms with van der Waals surface area (Å²) in [4.78, 5) is 13.1. The van der Waals surface area contributed by atoms with Crippen LogP contribution >= 0.6 is 0 Å². The summed E-state index contributed by atoms with van der Waals surface area (Å²) in [6, 6.07) is 45.1. The van der Waals surface area contributed by atoms with Gasteiger partial charge in [-0.25, -0.2) is 0 Å². The van der Waals surface area contributed by atoms with Crippen LogP contribution in [0.5, 0.6) is 35.3 Å². The second-order valence-electron chi connectivity index (χ2n) is 8.58. The van der Waals surface area contributed by atoms with Gasteiger partial charge in [0.15, 0.2) is 0 Å². The van der Waals surface area contributed by atoms with Gasteiger partial charge in [-0.05, 0) is 58.7 Å². The Kier molecular flexibility index (Phi) is 6.90. The average Bonchev–Trinajstić information content (AvgIpc) is 2.99. The largest absolute Gasteiger partial charge is 0.424 e. The molecule has 0 fully saturated rings. The number of hydrogen-bond acceptors (Lipinski definition) is 6. The number of benzene rings is 5. The third-order valence-corrected chi connectivity index (χ3v) is 5.87. The Balaban J connectivity index is 1.25. The number of rotatable bonds is 8. The van der Waals surface area contributed by atoms with E-state index in [9.17, 15) is 0 Å². The van der Waals surface area contributed by atoms with Crippen LogP contribution in [-0.2, 0) is 0 Å². The van der Waals surface area contributed by atoms with Crippen LogP contribution in [0.4, 0.5) is 0 Å². The molecule has 6 rings (SSSR count). The number of ether oxygens (including phenoxy) is 3. The molecule has 39 heavy (non-hydrogen) atoms. The zero-order valence-corrected chi connectivity index (χ0v) is 20.8. The molecule has 5 aromatic carbocycles. The maximum Gasteiger partial charge on any atom is 0.331 e.